The van der Waals surface area contributed by atoms with E-state index in [1.807, 2.05) is 19.1 Å². The van der Waals surface area contributed by atoms with Crippen LogP contribution in [0.25, 0.3) is 0 Å². The summed E-state index contributed by atoms with van der Waals surface area (Å²) in [6, 6.07) is 10.3. The van der Waals surface area contributed by atoms with Gasteiger partial charge in [-0.25, -0.2) is 4.79 Å². The fourth-order valence-electron chi connectivity index (χ4n) is 3.19. The van der Waals surface area contributed by atoms with Gasteiger partial charge < -0.3 is 15.3 Å². The highest BCUT2D eigenvalue weighted by atomic mass is 32.1. The highest BCUT2D eigenvalue weighted by molar-refractivity contribution is 7.13. The molecule has 3 rings (SSSR count). The number of benzene rings is 1. The largest absolute Gasteiger partial charge is 0.478 e. The van der Waals surface area contributed by atoms with Crippen molar-refractivity contribution in [2.45, 2.75) is 32.2 Å². The molecule has 0 bridgehead atoms. The lowest BCUT2D eigenvalue weighted by molar-refractivity contribution is -0.131. The Morgan fingerprint density at radius 1 is 1.19 bits per heavy atom. The maximum atomic E-state index is 12.5. The number of aryl methyl sites for hydroxylation is 1. The molecule has 27 heavy (non-hydrogen) atoms. The molecule has 7 heteroatoms. The SMILES string of the molecule is Cc1ccc(C(=O)NC2CCN(C(=O)Cc3cccc(C(=O)O)c3)CC2)s1. The van der Waals surface area contributed by atoms with E-state index in [4.69, 9.17) is 5.11 Å². The highest BCUT2D eigenvalue weighted by Gasteiger charge is 2.24. The number of aromatic carboxylic acids is 1. The van der Waals surface area contributed by atoms with Crippen molar-refractivity contribution in [1.29, 1.82) is 0 Å². The molecule has 6 nitrogen and oxygen atoms in total. The van der Waals surface area contributed by atoms with Crippen LogP contribution in [0, 0.1) is 6.92 Å². The number of carboxylic acid groups (broad SMARTS) is 1. The maximum Gasteiger partial charge on any atom is 0.335 e. The molecular weight excluding hydrogens is 364 g/mol. The molecule has 0 saturated carbocycles. The fourth-order valence-corrected chi connectivity index (χ4v) is 3.96. The molecule has 2 aromatic rings. The number of rotatable bonds is 5. The number of carboxylic acids is 1. The van der Waals surface area contributed by atoms with Crippen molar-refractivity contribution in [1.82, 2.24) is 10.2 Å². The number of nitrogens with zero attached hydrogens (tertiary/aromatic N) is 1. The zero-order chi connectivity index (χ0) is 19.4. The Morgan fingerprint density at radius 3 is 2.56 bits per heavy atom. The molecule has 1 aliphatic heterocycles. The Hall–Kier alpha value is -2.67. The monoisotopic (exact) mass is 386 g/mol. The molecule has 1 saturated heterocycles. The molecule has 142 valence electrons. The normalized spacial score (nSPS) is 14.8. The third kappa shape index (κ3) is 4.95. The molecule has 0 spiro atoms. The lowest BCUT2D eigenvalue weighted by Gasteiger charge is -2.32. The Balaban J connectivity index is 1.50. The molecule has 2 heterocycles. The summed E-state index contributed by atoms with van der Waals surface area (Å²) in [5.41, 5.74) is 0.883. The summed E-state index contributed by atoms with van der Waals surface area (Å²) < 4.78 is 0. The molecule has 0 atom stereocenters. The van der Waals surface area contributed by atoms with E-state index in [9.17, 15) is 14.4 Å². The summed E-state index contributed by atoms with van der Waals surface area (Å²) >= 11 is 1.48. The Kier molecular flexibility index (Phi) is 5.91. The van der Waals surface area contributed by atoms with Gasteiger partial charge in [0.2, 0.25) is 5.91 Å². The number of piperidine rings is 1. The Morgan fingerprint density at radius 2 is 1.93 bits per heavy atom. The van der Waals surface area contributed by atoms with Gasteiger partial charge in [-0.1, -0.05) is 12.1 Å². The number of carbonyl (C=O) groups excluding carboxylic acids is 2. The van der Waals surface area contributed by atoms with Gasteiger partial charge in [0.1, 0.15) is 0 Å². The smallest absolute Gasteiger partial charge is 0.335 e. The van der Waals surface area contributed by atoms with Gasteiger partial charge in [-0.05, 0) is 49.6 Å². The number of nitrogens with one attached hydrogen (secondary N) is 1. The number of amides is 2. The van der Waals surface area contributed by atoms with E-state index in [0.717, 1.165) is 17.7 Å². The van der Waals surface area contributed by atoms with Gasteiger partial charge in [-0.15, -0.1) is 11.3 Å². The number of likely N-dealkylation sites (tertiary alicyclic amines) is 1. The van der Waals surface area contributed by atoms with E-state index < -0.39 is 5.97 Å². The number of hydrogen-bond acceptors (Lipinski definition) is 4. The van der Waals surface area contributed by atoms with E-state index in [-0.39, 0.29) is 29.8 Å². The summed E-state index contributed by atoms with van der Waals surface area (Å²) in [5.74, 6) is -1.07. The van der Waals surface area contributed by atoms with Crippen molar-refractivity contribution in [2.24, 2.45) is 0 Å². The zero-order valence-electron chi connectivity index (χ0n) is 15.1. The van der Waals surface area contributed by atoms with Crippen LogP contribution in [0.3, 0.4) is 0 Å². The van der Waals surface area contributed by atoms with Crippen molar-refractivity contribution in [3.8, 4) is 0 Å². The number of hydrogen-bond donors (Lipinski definition) is 2. The van der Waals surface area contributed by atoms with Crippen LogP contribution < -0.4 is 5.32 Å². The van der Waals surface area contributed by atoms with Crippen molar-refractivity contribution < 1.29 is 19.5 Å². The zero-order valence-corrected chi connectivity index (χ0v) is 15.9. The molecule has 0 unspecified atom stereocenters. The summed E-state index contributed by atoms with van der Waals surface area (Å²) in [7, 11) is 0. The van der Waals surface area contributed by atoms with Crippen LogP contribution in [0.5, 0.6) is 0 Å². The first-order valence-electron chi connectivity index (χ1n) is 8.89. The maximum absolute atomic E-state index is 12.5. The summed E-state index contributed by atoms with van der Waals surface area (Å²) in [4.78, 5) is 39.4. The molecule has 1 aliphatic rings. The van der Waals surface area contributed by atoms with Gasteiger partial charge in [0, 0.05) is 24.0 Å². The fraction of sp³-hybridized carbons (Fsp3) is 0.350. The van der Waals surface area contributed by atoms with Gasteiger partial charge in [-0.2, -0.15) is 0 Å². The molecule has 2 N–H and O–H groups in total. The lowest BCUT2D eigenvalue weighted by Crippen LogP contribution is -2.46. The Bertz CT molecular complexity index is 853. The van der Waals surface area contributed by atoms with Crippen molar-refractivity contribution in [2.75, 3.05) is 13.1 Å². The van der Waals surface area contributed by atoms with Crippen LogP contribution in [0.15, 0.2) is 36.4 Å². The predicted molar refractivity (Wildman–Crippen MR) is 103 cm³/mol. The van der Waals surface area contributed by atoms with Gasteiger partial charge in [0.15, 0.2) is 0 Å². The average molecular weight is 386 g/mol. The van der Waals surface area contributed by atoms with E-state index in [2.05, 4.69) is 5.32 Å². The minimum atomic E-state index is -0.998. The van der Waals surface area contributed by atoms with Gasteiger partial charge >= 0.3 is 5.97 Å². The average Bonchev–Trinajstić information content (AvgIpc) is 3.09. The van der Waals surface area contributed by atoms with Crippen LogP contribution in [-0.2, 0) is 11.2 Å². The first-order valence-corrected chi connectivity index (χ1v) is 9.71. The van der Waals surface area contributed by atoms with E-state index >= 15 is 0 Å². The summed E-state index contributed by atoms with van der Waals surface area (Å²) in [6.45, 7) is 3.15. The first kappa shape index (κ1) is 19.1. The molecule has 0 aliphatic carbocycles. The molecule has 1 fully saturated rings. The van der Waals surface area contributed by atoms with Crippen molar-refractivity contribution >= 4 is 29.1 Å². The summed E-state index contributed by atoms with van der Waals surface area (Å²) in [5, 5.41) is 12.1. The summed E-state index contributed by atoms with van der Waals surface area (Å²) in [6.07, 6.45) is 1.63. The lowest BCUT2D eigenvalue weighted by atomic mass is 10.0. The van der Waals surface area contributed by atoms with Crippen LogP contribution in [0.2, 0.25) is 0 Å². The standard InChI is InChI=1S/C20H22N2O4S/c1-13-5-6-17(27-13)19(24)21-16-7-9-22(10-8-16)18(23)12-14-3-2-4-15(11-14)20(25)26/h2-6,11,16H,7-10,12H2,1H3,(H,21,24)(H,25,26). The second-order valence-corrected chi connectivity index (χ2v) is 8.01. The van der Waals surface area contributed by atoms with Crippen molar-refractivity contribution in [3.63, 3.8) is 0 Å². The van der Waals surface area contributed by atoms with E-state index in [0.29, 0.717) is 23.5 Å². The van der Waals surface area contributed by atoms with Crippen LogP contribution in [0.1, 0.15) is 43.3 Å². The van der Waals surface area contributed by atoms with Gasteiger partial charge in [0.05, 0.1) is 16.9 Å². The van der Waals surface area contributed by atoms with Gasteiger partial charge in [-0.3, -0.25) is 9.59 Å². The molecule has 0 radical (unpaired) electrons. The van der Waals surface area contributed by atoms with E-state index in [1.165, 1.54) is 23.5 Å². The number of carbonyl (C=O) groups is 3. The van der Waals surface area contributed by atoms with Crippen molar-refractivity contribution in [3.05, 3.63) is 57.3 Å². The third-order valence-corrected chi connectivity index (χ3v) is 5.68. The second-order valence-electron chi connectivity index (χ2n) is 6.72. The highest BCUT2D eigenvalue weighted by Crippen LogP contribution is 2.17. The minimum absolute atomic E-state index is 0.0174. The molecule has 2 amide bonds. The van der Waals surface area contributed by atoms with Crippen LogP contribution >= 0.6 is 11.3 Å². The third-order valence-electron chi connectivity index (χ3n) is 4.68. The Labute approximate surface area is 161 Å². The van der Waals surface area contributed by atoms with Gasteiger partial charge in [0.25, 0.3) is 5.91 Å². The molecule has 1 aromatic carbocycles. The predicted octanol–water partition coefficient (Wildman–Crippen LogP) is 2.72. The molecular formula is C20H22N2O4S. The topological polar surface area (TPSA) is 86.7 Å². The first-order chi connectivity index (χ1) is 12.9. The minimum Gasteiger partial charge on any atom is -0.478 e. The quantitative estimate of drug-likeness (QED) is 0.827. The molecule has 1 aromatic heterocycles. The second kappa shape index (κ2) is 8.35. The van der Waals surface area contributed by atoms with E-state index in [1.54, 1.807) is 17.0 Å². The number of thiophene rings is 1. The van der Waals surface area contributed by atoms with Crippen LogP contribution in [-0.4, -0.2) is 46.9 Å². The van der Waals surface area contributed by atoms with Crippen LogP contribution in [0.4, 0.5) is 0 Å².